The van der Waals surface area contributed by atoms with Gasteiger partial charge in [-0.15, -0.1) is 11.3 Å². The van der Waals surface area contributed by atoms with Crippen LogP contribution in [0.25, 0.3) is 0 Å². The molecule has 0 amide bonds. The van der Waals surface area contributed by atoms with Crippen molar-refractivity contribution in [1.29, 1.82) is 5.26 Å². The van der Waals surface area contributed by atoms with Gasteiger partial charge in [-0.25, -0.2) is 0 Å². The summed E-state index contributed by atoms with van der Waals surface area (Å²) in [5, 5.41) is 11.7. The van der Waals surface area contributed by atoms with Crippen LogP contribution < -0.4 is 5.32 Å². The van der Waals surface area contributed by atoms with E-state index in [9.17, 15) is 0 Å². The number of hydrogen-bond acceptors (Lipinski definition) is 3. The van der Waals surface area contributed by atoms with Crippen LogP contribution in [-0.4, -0.2) is 6.54 Å². The van der Waals surface area contributed by atoms with E-state index < -0.39 is 0 Å². The number of hydrogen-bond donors (Lipinski definition) is 1. The normalized spacial score (nSPS) is 10.1. The summed E-state index contributed by atoms with van der Waals surface area (Å²) >= 11 is 1.85. The first kappa shape index (κ1) is 11.2. The first-order chi connectivity index (χ1) is 6.74. The van der Waals surface area contributed by atoms with Gasteiger partial charge in [0.25, 0.3) is 0 Å². The van der Waals surface area contributed by atoms with Gasteiger partial charge in [0.15, 0.2) is 0 Å². The van der Waals surface area contributed by atoms with Crippen LogP contribution in [0.2, 0.25) is 0 Å². The van der Waals surface area contributed by atoms with E-state index in [0.29, 0.717) is 6.42 Å². The van der Waals surface area contributed by atoms with Crippen LogP contribution in [0.3, 0.4) is 0 Å². The van der Waals surface area contributed by atoms with Gasteiger partial charge < -0.3 is 5.32 Å². The molecule has 1 aromatic heterocycles. The first-order valence-electron chi connectivity index (χ1n) is 4.87. The molecule has 76 valence electrons. The van der Waals surface area contributed by atoms with E-state index in [-0.39, 0.29) is 0 Å². The van der Waals surface area contributed by atoms with Gasteiger partial charge in [-0.2, -0.15) is 5.26 Å². The Kier molecular flexibility index (Phi) is 4.64. The molecule has 0 fully saturated rings. The fourth-order valence-corrected chi connectivity index (χ4v) is 2.26. The van der Waals surface area contributed by atoms with Gasteiger partial charge in [-0.3, -0.25) is 0 Å². The summed E-state index contributed by atoms with van der Waals surface area (Å²) in [6.45, 7) is 6.17. The molecule has 0 aliphatic rings. The zero-order valence-corrected chi connectivity index (χ0v) is 9.58. The molecular formula is C11H16N2S. The second-order valence-corrected chi connectivity index (χ2v) is 4.73. The smallest absolute Gasteiger partial charge is 0.0622 e. The fourth-order valence-electron chi connectivity index (χ4n) is 1.24. The second kappa shape index (κ2) is 5.79. The predicted molar refractivity (Wildman–Crippen MR) is 60.3 cm³/mol. The van der Waals surface area contributed by atoms with Crippen LogP contribution in [0.1, 0.15) is 28.2 Å². The van der Waals surface area contributed by atoms with Crippen molar-refractivity contribution in [3.63, 3.8) is 0 Å². The molecule has 0 unspecified atom stereocenters. The zero-order valence-electron chi connectivity index (χ0n) is 8.76. The van der Waals surface area contributed by atoms with Crippen LogP contribution in [0, 0.1) is 25.2 Å². The number of unbranched alkanes of at least 4 members (excludes halogenated alkanes) is 1. The lowest BCUT2D eigenvalue weighted by Crippen LogP contribution is -2.13. The molecule has 0 aliphatic heterocycles. The number of nitrogens with one attached hydrogen (secondary N) is 1. The highest BCUT2D eigenvalue weighted by atomic mass is 32.1. The molecule has 0 aliphatic carbocycles. The number of nitriles is 1. The van der Waals surface area contributed by atoms with Gasteiger partial charge in [-0.1, -0.05) is 0 Å². The van der Waals surface area contributed by atoms with Crippen molar-refractivity contribution in [2.75, 3.05) is 6.54 Å². The molecule has 0 bridgehead atoms. The van der Waals surface area contributed by atoms with Crippen LogP contribution in [0.4, 0.5) is 0 Å². The lowest BCUT2D eigenvalue weighted by molar-refractivity contribution is 0.663. The van der Waals surface area contributed by atoms with Crippen molar-refractivity contribution >= 4 is 11.3 Å². The summed E-state index contributed by atoms with van der Waals surface area (Å²) in [5.41, 5.74) is 1.38. The molecule has 0 saturated heterocycles. The minimum absolute atomic E-state index is 0.648. The number of aryl methyl sites for hydroxylation is 2. The molecule has 0 spiro atoms. The van der Waals surface area contributed by atoms with E-state index in [1.165, 1.54) is 15.3 Å². The van der Waals surface area contributed by atoms with Crippen molar-refractivity contribution in [3.8, 4) is 6.07 Å². The van der Waals surface area contributed by atoms with Crippen molar-refractivity contribution in [2.24, 2.45) is 0 Å². The average molecular weight is 208 g/mol. The van der Waals surface area contributed by atoms with Gasteiger partial charge >= 0.3 is 0 Å². The van der Waals surface area contributed by atoms with Gasteiger partial charge in [0, 0.05) is 22.7 Å². The summed E-state index contributed by atoms with van der Waals surface area (Å²) in [4.78, 5) is 2.79. The van der Waals surface area contributed by atoms with Crippen LogP contribution >= 0.6 is 11.3 Å². The molecule has 0 radical (unpaired) electrons. The SMILES string of the molecule is Cc1cc(CNCCCC#N)sc1C. The maximum Gasteiger partial charge on any atom is 0.0622 e. The van der Waals surface area contributed by atoms with Crippen molar-refractivity contribution in [1.82, 2.24) is 5.32 Å². The number of nitrogens with zero attached hydrogens (tertiary/aromatic N) is 1. The third-order valence-electron chi connectivity index (χ3n) is 2.16. The molecule has 1 heterocycles. The van der Waals surface area contributed by atoms with E-state index >= 15 is 0 Å². The van der Waals surface area contributed by atoms with Crippen molar-refractivity contribution in [2.45, 2.75) is 33.2 Å². The molecule has 3 heteroatoms. The Morgan fingerprint density at radius 2 is 2.29 bits per heavy atom. The molecule has 14 heavy (non-hydrogen) atoms. The molecule has 1 N–H and O–H groups in total. The Hall–Kier alpha value is -0.850. The lowest BCUT2D eigenvalue weighted by Gasteiger charge is -1.99. The van der Waals surface area contributed by atoms with Crippen LogP contribution in [0.15, 0.2) is 6.07 Å². The van der Waals surface area contributed by atoms with E-state index in [4.69, 9.17) is 5.26 Å². The highest BCUT2D eigenvalue weighted by Gasteiger charge is 2.00. The number of rotatable bonds is 5. The topological polar surface area (TPSA) is 35.8 Å². The Morgan fingerprint density at radius 1 is 1.50 bits per heavy atom. The molecule has 1 rings (SSSR count). The minimum Gasteiger partial charge on any atom is -0.312 e. The summed E-state index contributed by atoms with van der Waals surface area (Å²) in [5.74, 6) is 0. The van der Waals surface area contributed by atoms with Gasteiger partial charge in [0.2, 0.25) is 0 Å². The third kappa shape index (κ3) is 3.49. The molecule has 0 atom stereocenters. The Labute approximate surface area is 89.6 Å². The number of thiophene rings is 1. The van der Waals surface area contributed by atoms with Crippen molar-refractivity contribution < 1.29 is 0 Å². The first-order valence-corrected chi connectivity index (χ1v) is 5.69. The summed E-state index contributed by atoms with van der Waals surface area (Å²) in [6, 6.07) is 4.38. The van der Waals surface area contributed by atoms with E-state index in [0.717, 1.165) is 19.5 Å². The molecular weight excluding hydrogens is 192 g/mol. The zero-order chi connectivity index (χ0) is 10.4. The molecule has 0 saturated carbocycles. The largest absolute Gasteiger partial charge is 0.312 e. The van der Waals surface area contributed by atoms with Crippen LogP contribution in [-0.2, 0) is 6.54 Å². The highest BCUT2D eigenvalue weighted by Crippen LogP contribution is 2.20. The summed E-state index contributed by atoms with van der Waals surface area (Å²) in [6.07, 6.45) is 1.59. The maximum absolute atomic E-state index is 8.35. The highest BCUT2D eigenvalue weighted by molar-refractivity contribution is 7.12. The van der Waals surface area contributed by atoms with Crippen molar-refractivity contribution in [3.05, 3.63) is 21.4 Å². The average Bonchev–Trinajstić information content (AvgIpc) is 2.46. The molecule has 2 nitrogen and oxygen atoms in total. The Morgan fingerprint density at radius 3 is 2.86 bits per heavy atom. The molecule has 0 aromatic carbocycles. The standard InChI is InChI=1S/C11H16N2S/c1-9-7-11(14-10(9)2)8-13-6-4-3-5-12/h7,13H,3-4,6,8H2,1-2H3. The summed E-state index contributed by atoms with van der Waals surface area (Å²) < 4.78 is 0. The maximum atomic E-state index is 8.35. The second-order valence-electron chi connectivity index (χ2n) is 3.39. The predicted octanol–water partition coefficient (Wildman–Crippen LogP) is 2.76. The lowest BCUT2D eigenvalue weighted by atomic mass is 10.3. The Balaban J connectivity index is 2.22. The monoisotopic (exact) mass is 208 g/mol. The third-order valence-corrected chi connectivity index (χ3v) is 3.31. The quantitative estimate of drug-likeness (QED) is 0.755. The van der Waals surface area contributed by atoms with E-state index in [2.05, 4.69) is 31.3 Å². The van der Waals surface area contributed by atoms with E-state index in [1.54, 1.807) is 0 Å². The minimum atomic E-state index is 0.648. The summed E-state index contributed by atoms with van der Waals surface area (Å²) in [7, 11) is 0. The molecule has 1 aromatic rings. The van der Waals surface area contributed by atoms with Gasteiger partial charge in [0.05, 0.1) is 6.07 Å². The van der Waals surface area contributed by atoms with Gasteiger partial charge in [0.1, 0.15) is 0 Å². The fraction of sp³-hybridized carbons (Fsp3) is 0.545. The van der Waals surface area contributed by atoms with Gasteiger partial charge in [-0.05, 0) is 38.4 Å². The van der Waals surface area contributed by atoms with Crippen LogP contribution in [0.5, 0.6) is 0 Å². The Bertz CT molecular complexity index is 303. The van der Waals surface area contributed by atoms with E-state index in [1.807, 2.05) is 11.3 Å².